The van der Waals surface area contributed by atoms with Gasteiger partial charge in [-0.25, -0.2) is 0 Å². The number of halogens is 3. The van der Waals surface area contributed by atoms with Gasteiger partial charge >= 0.3 is 12.1 Å². The first kappa shape index (κ1) is 20.3. The number of methoxy groups -OCH3 is 1. The molecule has 0 bridgehead atoms. The Labute approximate surface area is 153 Å². The molecule has 0 spiro atoms. The number of carbonyl (C=O) groups excluding carboxylic acids is 1. The van der Waals surface area contributed by atoms with Crippen LogP contribution in [-0.2, 0) is 16.5 Å². The minimum atomic E-state index is -4.51. The number of benzene rings is 2. The number of rotatable bonds is 6. The fourth-order valence-corrected chi connectivity index (χ4v) is 2.62. The fraction of sp³-hybridized carbons (Fsp3) is 0.263. The average Bonchev–Trinajstić information content (AvgIpc) is 2.60. The van der Waals surface area contributed by atoms with Gasteiger partial charge in [-0.1, -0.05) is 12.1 Å². The third kappa shape index (κ3) is 4.99. The van der Waals surface area contributed by atoms with E-state index in [2.05, 4.69) is 5.32 Å². The Morgan fingerprint density at radius 1 is 1.07 bits per heavy atom. The molecule has 5 nitrogen and oxygen atoms in total. The van der Waals surface area contributed by atoms with Crippen molar-refractivity contribution in [2.75, 3.05) is 7.11 Å². The summed E-state index contributed by atoms with van der Waals surface area (Å²) in [6.45, 7) is 1.53. The van der Waals surface area contributed by atoms with E-state index in [0.717, 1.165) is 24.3 Å². The van der Waals surface area contributed by atoms with Gasteiger partial charge in [-0.3, -0.25) is 9.59 Å². The first-order chi connectivity index (χ1) is 12.5. The van der Waals surface area contributed by atoms with Crippen LogP contribution in [0.4, 0.5) is 13.2 Å². The first-order valence-electron chi connectivity index (χ1n) is 7.91. The van der Waals surface area contributed by atoms with Crippen LogP contribution in [0.5, 0.6) is 5.75 Å². The molecule has 0 radical (unpaired) electrons. The molecule has 2 N–H and O–H groups in total. The highest BCUT2D eigenvalue weighted by Crippen LogP contribution is 2.30. The summed E-state index contributed by atoms with van der Waals surface area (Å²) in [4.78, 5) is 23.8. The lowest BCUT2D eigenvalue weighted by Crippen LogP contribution is -2.45. The maximum absolute atomic E-state index is 12.7. The smallest absolute Gasteiger partial charge is 0.416 e. The molecule has 0 heterocycles. The number of aliphatic carboxylic acids is 1. The van der Waals surface area contributed by atoms with Gasteiger partial charge in [0.2, 0.25) is 0 Å². The van der Waals surface area contributed by atoms with E-state index in [4.69, 9.17) is 4.74 Å². The fourth-order valence-electron chi connectivity index (χ4n) is 2.62. The van der Waals surface area contributed by atoms with Crippen LogP contribution in [0.25, 0.3) is 0 Å². The van der Waals surface area contributed by atoms with Gasteiger partial charge in [0.25, 0.3) is 5.91 Å². The molecule has 27 heavy (non-hydrogen) atoms. The maximum atomic E-state index is 12.7. The van der Waals surface area contributed by atoms with E-state index >= 15 is 0 Å². The number of nitrogens with one attached hydrogen (secondary N) is 1. The van der Waals surface area contributed by atoms with Crippen molar-refractivity contribution in [3.63, 3.8) is 0 Å². The van der Waals surface area contributed by atoms with E-state index < -0.39 is 35.6 Å². The van der Waals surface area contributed by atoms with E-state index in [-0.39, 0.29) is 5.56 Å². The molecule has 0 saturated heterocycles. The number of hydrogen-bond acceptors (Lipinski definition) is 3. The third-order valence-electron chi connectivity index (χ3n) is 4.08. The van der Waals surface area contributed by atoms with Crippen molar-refractivity contribution in [1.29, 1.82) is 0 Å². The van der Waals surface area contributed by atoms with Crippen LogP contribution in [0.1, 0.15) is 34.8 Å². The summed E-state index contributed by atoms with van der Waals surface area (Å²) >= 11 is 0. The van der Waals surface area contributed by atoms with Crippen molar-refractivity contribution in [2.45, 2.75) is 25.1 Å². The number of ether oxygens (including phenoxy) is 1. The summed E-state index contributed by atoms with van der Waals surface area (Å²) in [7, 11) is 1.45. The summed E-state index contributed by atoms with van der Waals surface area (Å²) in [6.07, 6.45) is -4.93. The molecular formula is C19H18F3NO4. The van der Waals surface area contributed by atoms with Crippen LogP contribution in [0.2, 0.25) is 0 Å². The second kappa shape index (κ2) is 7.69. The van der Waals surface area contributed by atoms with Gasteiger partial charge in [0.1, 0.15) is 5.75 Å². The molecule has 0 aliphatic rings. The summed E-state index contributed by atoms with van der Waals surface area (Å²) in [6, 6.07) is 10.2. The normalized spacial score (nSPS) is 13.5. The molecular weight excluding hydrogens is 363 g/mol. The highest BCUT2D eigenvalue weighted by molar-refractivity contribution is 5.95. The van der Waals surface area contributed by atoms with Crippen molar-refractivity contribution >= 4 is 11.9 Å². The van der Waals surface area contributed by atoms with Gasteiger partial charge in [-0.05, 0) is 48.9 Å². The minimum Gasteiger partial charge on any atom is -0.497 e. The molecule has 2 rings (SSSR count). The molecule has 0 aliphatic carbocycles. The molecule has 2 aromatic carbocycles. The monoisotopic (exact) mass is 381 g/mol. The second-order valence-corrected chi connectivity index (χ2v) is 6.16. The Morgan fingerprint density at radius 3 is 2.22 bits per heavy atom. The Morgan fingerprint density at radius 2 is 1.70 bits per heavy atom. The van der Waals surface area contributed by atoms with Crippen molar-refractivity contribution in [3.8, 4) is 5.75 Å². The van der Waals surface area contributed by atoms with Gasteiger partial charge in [-0.15, -0.1) is 0 Å². The molecule has 1 amide bonds. The average molecular weight is 381 g/mol. The number of carbonyl (C=O) groups is 2. The van der Waals surface area contributed by atoms with Crippen LogP contribution in [0.3, 0.4) is 0 Å². The van der Waals surface area contributed by atoms with E-state index in [1.165, 1.54) is 14.0 Å². The Hall–Kier alpha value is -3.03. The zero-order valence-electron chi connectivity index (χ0n) is 14.6. The van der Waals surface area contributed by atoms with Gasteiger partial charge in [0.15, 0.2) is 0 Å². The van der Waals surface area contributed by atoms with Crippen molar-refractivity contribution in [3.05, 3.63) is 65.2 Å². The summed E-state index contributed by atoms with van der Waals surface area (Å²) < 4.78 is 43.1. The molecule has 0 aromatic heterocycles. The topological polar surface area (TPSA) is 75.6 Å². The molecule has 1 unspecified atom stereocenters. The minimum absolute atomic E-state index is 0.0116. The summed E-state index contributed by atoms with van der Waals surface area (Å²) in [5, 5.41) is 11.8. The molecule has 8 heteroatoms. The van der Waals surface area contributed by atoms with E-state index in [0.29, 0.717) is 11.3 Å². The largest absolute Gasteiger partial charge is 0.497 e. The Bertz CT molecular complexity index is 834. The highest BCUT2D eigenvalue weighted by Gasteiger charge is 2.33. The number of carboxylic acids is 1. The standard InChI is InChI=1S/C19H18F3NO4/c1-18(11-16(24)25,14-4-3-5-15(10-14)27-2)23-17(26)12-6-8-13(9-7-12)19(20,21)22/h3-10H,11H2,1-2H3,(H,23,26)(H,24,25). The van der Waals surface area contributed by atoms with Crippen LogP contribution in [0.15, 0.2) is 48.5 Å². The van der Waals surface area contributed by atoms with Crippen LogP contribution in [0, 0.1) is 0 Å². The zero-order chi connectivity index (χ0) is 20.2. The van der Waals surface area contributed by atoms with E-state index in [1.807, 2.05) is 0 Å². The molecule has 0 fully saturated rings. The van der Waals surface area contributed by atoms with Gasteiger partial charge in [-0.2, -0.15) is 13.2 Å². The van der Waals surface area contributed by atoms with Crippen molar-refractivity contribution < 1.29 is 32.6 Å². The zero-order valence-corrected chi connectivity index (χ0v) is 14.6. The molecule has 0 aliphatic heterocycles. The Kier molecular flexibility index (Phi) is 5.78. The quantitative estimate of drug-likeness (QED) is 0.797. The highest BCUT2D eigenvalue weighted by atomic mass is 19.4. The second-order valence-electron chi connectivity index (χ2n) is 6.16. The van der Waals surface area contributed by atoms with E-state index in [1.54, 1.807) is 24.3 Å². The first-order valence-corrected chi connectivity index (χ1v) is 7.91. The van der Waals surface area contributed by atoms with Crippen molar-refractivity contribution in [1.82, 2.24) is 5.32 Å². The van der Waals surface area contributed by atoms with E-state index in [9.17, 15) is 27.9 Å². The lowest BCUT2D eigenvalue weighted by Gasteiger charge is -2.30. The van der Waals surface area contributed by atoms with Gasteiger partial charge < -0.3 is 15.2 Å². The predicted molar refractivity (Wildman–Crippen MR) is 91.5 cm³/mol. The number of hydrogen-bond donors (Lipinski definition) is 2. The van der Waals surface area contributed by atoms with Crippen LogP contribution >= 0.6 is 0 Å². The van der Waals surface area contributed by atoms with Crippen LogP contribution in [-0.4, -0.2) is 24.1 Å². The molecule has 144 valence electrons. The summed E-state index contributed by atoms with van der Waals surface area (Å²) in [5.74, 6) is -1.35. The summed E-state index contributed by atoms with van der Waals surface area (Å²) in [5.41, 5.74) is -1.69. The van der Waals surface area contributed by atoms with Crippen molar-refractivity contribution in [2.24, 2.45) is 0 Å². The molecule has 1 atom stereocenters. The van der Waals surface area contributed by atoms with Gasteiger partial charge in [0, 0.05) is 5.56 Å². The molecule has 0 saturated carbocycles. The van der Waals surface area contributed by atoms with Crippen LogP contribution < -0.4 is 10.1 Å². The molecule has 2 aromatic rings. The lowest BCUT2D eigenvalue weighted by atomic mass is 9.88. The lowest BCUT2D eigenvalue weighted by molar-refractivity contribution is -0.139. The number of alkyl halides is 3. The number of amides is 1. The number of carboxylic acid groups (broad SMARTS) is 1. The SMILES string of the molecule is COc1cccc(C(C)(CC(=O)O)NC(=O)c2ccc(C(F)(F)F)cc2)c1. The third-order valence-corrected chi connectivity index (χ3v) is 4.08. The maximum Gasteiger partial charge on any atom is 0.416 e. The van der Waals surface area contributed by atoms with Gasteiger partial charge in [0.05, 0.1) is 24.6 Å². The Balaban J connectivity index is 2.32. The predicted octanol–water partition coefficient (Wildman–Crippen LogP) is 3.83.